The fourth-order valence-corrected chi connectivity index (χ4v) is 4.65. The number of nitrogens with one attached hydrogen (secondary N) is 1. The number of anilines is 1. The molecule has 0 radical (unpaired) electrons. The van der Waals surface area contributed by atoms with Gasteiger partial charge in [-0.05, 0) is 29.8 Å². The topological polar surface area (TPSA) is 79.4 Å². The van der Waals surface area contributed by atoms with Crippen molar-refractivity contribution in [3.63, 3.8) is 0 Å². The molecule has 0 spiro atoms. The zero-order chi connectivity index (χ0) is 19.1. The molecule has 26 heavy (non-hydrogen) atoms. The molecule has 6 nitrogen and oxygen atoms in total. The van der Waals surface area contributed by atoms with Gasteiger partial charge in [0.1, 0.15) is 0 Å². The summed E-state index contributed by atoms with van der Waals surface area (Å²) in [6.07, 6.45) is 4.53. The largest absolute Gasteiger partial charge is 0.322 e. The minimum absolute atomic E-state index is 0.00952. The SMILES string of the molecule is CC1(C)CN(C(=O)Nc2ccc(Cl)c(S(C)(=O)=O)c2)C1c1cccnc1. The van der Waals surface area contributed by atoms with Crippen LogP contribution in [0.1, 0.15) is 25.5 Å². The second kappa shape index (κ2) is 6.55. The summed E-state index contributed by atoms with van der Waals surface area (Å²) in [5.41, 5.74) is 1.28. The molecule has 1 aromatic carbocycles. The lowest BCUT2D eigenvalue weighted by atomic mass is 9.72. The zero-order valence-corrected chi connectivity index (χ0v) is 16.3. The van der Waals surface area contributed by atoms with Gasteiger partial charge in [-0.2, -0.15) is 0 Å². The second-order valence-corrected chi connectivity index (χ2v) is 9.54. The molecule has 3 rings (SSSR count). The number of sulfone groups is 1. The van der Waals surface area contributed by atoms with Crippen molar-refractivity contribution in [2.75, 3.05) is 18.1 Å². The van der Waals surface area contributed by atoms with Crippen molar-refractivity contribution < 1.29 is 13.2 Å². The first-order valence-corrected chi connectivity index (χ1v) is 10.3. The number of rotatable bonds is 3. The minimum atomic E-state index is -3.48. The first-order chi connectivity index (χ1) is 12.1. The third-order valence-corrected chi connectivity index (χ3v) is 6.05. The number of urea groups is 1. The van der Waals surface area contributed by atoms with Crippen LogP contribution in [0.4, 0.5) is 10.5 Å². The maximum absolute atomic E-state index is 12.7. The van der Waals surface area contributed by atoms with E-state index in [1.54, 1.807) is 23.4 Å². The number of halogens is 1. The summed E-state index contributed by atoms with van der Waals surface area (Å²) in [5, 5.41) is 2.89. The Morgan fingerprint density at radius 2 is 2.08 bits per heavy atom. The number of aromatic nitrogens is 1. The molecule has 2 aromatic rings. The van der Waals surface area contributed by atoms with E-state index < -0.39 is 9.84 Å². The van der Waals surface area contributed by atoms with E-state index in [0.717, 1.165) is 11.8 Å². The lowest BCUT2D eigenvalue weighted by Gasteiger charge is -2.54. The molecule has 1 aromatic heterocycles. The minimum Gasteiger partial charge on any atom is -0.316 e. The third-order valence-electron chi connectivity index (χ3n) is 4.47. The highest BCUT2D eigenvalue weighted by molar-refractivity contribution is 7.90. The predicted octanol–water partition coefficient (Wildman–Crippen LogP) is 3.75. The van der Waals surface area contributed by atoms with Gasteiger partial charge in [0.2, 0.25) is 0 Å². The molecule has 1 aliphatic rings. The molecule has 1 N–H and O–H groups in total. The molecule has 0 bridgehead atoms. The van der Waals surface area contributed by atoms with E-state index in [1.807, 2.05) is 12.1 Å². The lowest BCUT2D eigenvalue weighted by Crippen LogP contribution is -2.59. The number of hydrogen-bond acceptors (Lipinski definition) is 4. The Balaban J connectivity index is 1.83. The molecule has 1 atom stereocenters. The van der Waals surface area contributed by atoms with Gasteiger partial charge >= 0.3 is 6.03 Å². The van der Waals surface area contributed by atoms with Crippen LogP contribution in [0.25, 0.3) is 0 Å². The van der Waals surface area contributed by atoms with Crippen molar-refractivity contribution >= 4 is 33.2 Å². The average Bonchev–Trinajstić information content (AvgIpc) is 2.54. The summed E-state index contributed by atoms with van der Waals surface area (Å²) < 4.78 is 23.6. The van der Waals surface area contributed by atoms with Gasteiger partial charge in [-0.25, -0.2) is 13.2 Å². The summed E-state index contributed by atoms with van der Waals surface area (Å²) in [4.78, 5) is 18.6. The summed E-state index contributed by atoms with van der Waals surface area (Å²) >= 11 is 5.95. The number of likely N-dealkylation sites (tertiary alicyclic amines) is 1. The maximum Gasteiger partial charge on any atom is 0.322 e. The number of amides is 2. The molecule has 1 fully saturated rings. The summed E-state index contributed by atoms with van der Waals surface area (Å²) in [6.45, 7) is 4.78. The van der Waals surface area contributed by atoms with E-state index in [-0.39, 0.29) is 27.4 Å². The highest BCUT2D eigenvalue weighted by atomic mass is 35.5. The van der Waals surface area contributed by atoms with Crippen LogP contribution in [0.5, 0.6) is 0 Å². The highest BCUT2D eigenvalue weighted by Gasteiger charge is 2.49. The Kier molecular flexibility index (Phi) is 4.71. The van der Waals surface area contributed by atoms with E-state index in [9.17, 15) is 13.2 Å². The molecule has 2 heterocycles. The van der Waals surface area contributed by atoms with Gasteiger partial charge in [-0.15, -0.1) is 0 Å². The van der Waals surface area contributed by atoms with Gasteiger partial charge in [0, 0.05) is 36.3 Å². The van der Waals surface area contributed by atoms with Crippen LogP contribution in [0.3, 0.4) is 0 Å². The van der Waals surface area contributed by atoms with Crippen LogP contribution in [-0.2, 0) is 9.84 Å². The molecule has 0 saturated carbocycles. The molecule has 1 unspecified atom stereocenters. The maximum atomic E-state index is 12.7. The molecule has 1 aliphatic heterocycles. The van der Waals surface area contributed by atoms with E-state index in [0.29, 0.717) is 12.2 Å². The second-order valence-electron chi connectivity index (χ2n) is 7.15. The van der Waals surface area contributed by atoms with Crippen molar-refractivity contribution in [2.45, 2.75) is 24.8 Å². The third kappa shape index (κ3) is 3.54. The highest BCUT2D eigenvalue weighted by Crippen LogP contribution is 2.48. The number of pyridine rings is 1. The van der Waals surface area contributed by atoms with Crippen LogP contribution < -0.4 is 5.32 Å². The van der Waals surface area contributed by atoms with E-state index in [2.05, 4.69) is 24.1 Å². The Morgan fingerprint density at radius 1 is 1.35 bits per heavy atom. The number of nitrogens with zero attached hydrogens (tertiary/aromatic N) is 2. The van der Waals surface area contributed by atoms with Gasteiger partial charge in [0.25, 0.3) is 0 Å². The van der Waals surface area contributed by atoms with E-state index in [1.165, 1.54) is 12.1 Å². The van der Waals surface area contributed by atoms with Gasteiger partial charge in [0.05, 0.1) is 16.0 Å². The normalized spacial score (nSPS) is 18.9. The van der Waals surface area contributed by atoms with Crippen molar-refractivity contribution in [3.8, 4) is 0 Å². The molecule has 2 amide bonds. The van der Waals surface area contributed by atoms with Gasteiger partial charge < -0.3 is 10.2 Å². The molecular formula is C18H20ClN3O3S. The molecule has 0 aliphatic carbocycles. The van der Waals surface area contributed by atoms with Gasteiger partial charge in [-0.1, -0.05) is 31.5 Å². The summed E-state index contributed by atoms with van der Waals surface area (Å²) in [5.74, 6) is 0. The average molecular weight is 394 g/mol. The van der Waals surface area contributed by atoms with Crippen LogP contribution in [0.2, 0.25) is 5.02 Å². The van der Waals surface area contributed by atoms with E-state index in [4.69, 9.17) is 11.6 Å². The molecule has 138 valence electrons. The first-order valence-electron chi connectivity index (χ1n) is 8.07. The Morgan fingerprint density at radius 3 is 2.65 bits per heavy atom. The standard InChI is InChI=1S/C18H20ClN3O3S/c1-18(2)11-22(16(18)12-5-4-8-20-10-12)17(23)21-13-6-7-14(19)15(9-13)26(3,24)25/h4-10,16H,11H2,1-3H3,(H,21,23). The zero-order valence-electron chi connectivity index (χ0n) is 14.7. The summed E-state index contributed by atoms with van der Waals surface area (Å²) in [6, 6.07) is 7.82. The first kappa shape index (κ1) is 18.7. The Bertz CT molecular complexity index is 945. The van der Waals surface area contributed by atoms with Crippen molar-refractivity contribution in [1.29, 1.82) is 0 Å². The van der Waals surface area contributed by atoms with Gasteiger partial charge in [0.15, 0.2) is 9.84 Å². The fraction of sp³-hybridized carbons (Fsp3) is 0.333. The number of benzene rings is 1. The Hall–Kier alpha value is -2.12. The lowest BCUT2D eigenvalue weighted by molar-refractivity contribution is -0.0117. The fourth-order valence-electron chi connectivity index (χ4n) is 3.34. The van der Waals surface area contributed by atoms with Crippen LogP contribution in [0, 0.1) is 5.41 Å². The van der Waals surface area contributed by atoms with Crippen LogP contribution in [0.15, 0.2) is 47.6 Å². The Labute approximate surface area is 158 Å². The quantitative estimate of drug-likeness (QED) is 0.861. The number of carbonyl (C=O) groups excluding carboxylic acids is 1. The van der Waals surface area contributed by atoms with Crippen molar-refractivity contribution in [3.05, 3.63) is 53.3 Å². The summed E-state index contributed by atoms with van der Waals surface area (Å²) in [7, 11) is -3.48. The van der Waals surface area contributed by atoms with E-state index >= 15 is 0 Å². The van der Waals surface area contributed by atoms with Gasteiger partial charge in [-0.3, -0.25) is 4.98 Å². The van der Waals surface area contributed by atoms with Crippen molar-refractivity contribution in [1.82, 2.24) is 9.88 Å². The smallest absolute Gasteiger partial charge is 0.316 e. The molecule has 8 heteroatoms. The molecule has 1 saturated heterocycles. The number of hydrogen-bond donors (Lipinski definition) is 1. The number of carbonyl (C=O) groups is 1. The predicted molar refractivity (Wildman–Crippen MR) is 101 cm³/mol. The molecular weight excluding hydrogens is 374 g/mol. The van der Waals surface area contributed by atoms with Crippen molar-refractivity contribution in [2.24, 2.45) is 5.41 Å². The monoisotopic (exact) mass is 393 g/mol. The van der Waals surface area contributed by atoms with Crippen LogP contribution >= 0.6 is 11.6 Å². The van der Waals surface area contributed by atoms with Crippen LogP contribution in [-0.4, -0.2) is 37.1 Å².